The molecule has 4 N–H and O–H groups in total. The van der Waals surface area contributed by atoms with Gasteiger partial charge in [0, 0.05) is 32.9 Å². The number of halogens is 3. The van der Waals surface area contributed by atoms with Crippen molar-refractivity contribution in [2.75, 3.05) is 20.3 Å². The Labute approximate surface area is 217 Å². The number of hydrogen-bond donors (Lipinski definition) is 4. The first-order chi connectivity index (χ1) is 17.5. The van der Waals surface area contributed by atoms with Crippen molar-refractivity contribution in [2.45, 2.75) is 43.0 Å². The van der Waals surface area contributed by atoms with Gasteiger partial charge in [0.05, 0.1) is 24.7 Å². The van der Waals surface area contributed by atoms with Crippen LogP contribution >= 0.6 is 11.3 Å². The van der Waals surface area contributed by atoms with E-state index in [2.05, 4.69) is 9.72 Å². The van der Waals surface area contributed by atoms with Gasteiger partial charge < -0.3 is 25.5 Å². The average molecular weight is 561 g/mol. The van der Waals surface area contributed by atoms with Crippen LogP contribution in [0.25, 0.3) is 10.9 Å². The zero-order valence-electron chi connectivity index (χ0n) is 20.2. The second kappa shape index (κ2) is 12.1. The number of alkyl carbamates (subject to hydrolysis) is 1. The van der Waals surface area contributed by atoms with Gasteiger partial charge in [0.25, 0.3) is 0 Å². The van der Waals surface area contributed by atoms with E-state index in [1.807, 2.05) is 16.7 Å². The quantitative estimate of drug-likeness (QED) is 0.301. The summed E-state index contributed by atoms with van der Waals surface area (Å²) in [6.07, 6.45) is -4.03. The van der Waals surface area contributed by atoms with Crippen molar-refractivity contribution < 1.29 is 36.8 Å². The van der Waals surface area contributed by atoms with Crippen molar-refractivity contribution in [1.82, 2.24) is 19.9 Å². The molecule has 0 spiro atoms. The van der Waals surface area contributed by atoms with Crippen molar-refractivity contribution in [3.05, 3.63) is 52.3 Å². The van der Waals surface area contributed by atoms with E-state index in [4.69, 9.17) is 0 Å². The van der Waals surface area contributed by atoms with Crippen molar-refractivity contribution >= 4 is 45.2 Å². The molecule has 0 fully saturated rings. The van der Waals surface area contributed by atoms with Crippen molar-refractivity contribution in [3.8, 4) is 0 Å². The molecule has 202 valence electrons. The number of carbonyl (C=O) groups excluding carboxylic acids is 2. The molecule has 0 aliphatic carbocycles. The fraction of sp³-hybridized carbons (Fsp3) is 0.391. The van der Waals surface area contributed by atoms with E-state index in [9.17, 15) is 32.1 Å². The van der Waals surface area contributed by atoms with Crippen LogP contribution in [-0.2, 0) is 20.5 Å². The SMILES string of the molecule is COC(=O)NCC(=O)NC(c1ccc(C(CO)N(C(C)C)S(=O)c2ccc3[nH]ccc3c2)s1)C(F)(F)F. The summed E-state index contributed by atoms with van der Waals surface area (Å²) >= 11 is 0.746. The van der Waals surface area contributed by atoms with Crippen LogP contribution < -0.4 is 10.6 Å². The molecule has 37 heavy (non-hydrogen) atoms. The monoisotopic (exact) mass is 560 g/mol. The third-order valence-corrected chi connectivity index (χ3v) is 8.35. The van der Waals surface area contributed by atoms with Crippen LogP contribution in [0.3, 0.4) is 0 Å². The number of carbonyl (C=O) groups is 2. The fourth-order valence-electron chi connectivity index (χ4n) is 3.68. The van der Waals surface area contributed by atoms with Gasteiger partial charge in [0.1, 0.15) is 17.5 Å². The van der Waals surface area contributed by atoms with Gasteiger partial charge in [0.15, 0.2) is 6.04 Å². The minimum Gasteiger partial charge on any atom is -0.453 e. The summed E-state index contributed by atoms with van der Waals surface area (Å²) in [5.41, 5.74) is 0.862. The highest BCUT2D eigenvalue weighted by Crippen LogP contribution is 2.39. The first kappa shape index (κ1) is 28.6. The lowest BCUT2D eigenvalue weighted by Gasteiger charge is -2.32. The maximum Gasteiger partial charge on any atom is 0.413 e. The van der Waals surface area contributed by atoms with Gasteiger partial charge in [0.2, 0.25) is 5.91 Å². The predicted octanol–water partition coefficient (Wildman–Crippen LogP) is 3.77. The maximum atomic E-state index is 13.8. The minimum absolute atomic E-state index is 0.226. The summed E-state index contributed by atoms with van der Waals surface area (Å²) in [5, 5.41) is 15.0. The lowest BCUT2D eigenvalue weighted by atomic mass is 10.2. The molecule has 9 nitrogen and oxygen atoms in total. The van der Waals surface area contributed by atoms with E-state index in [1.54, 1.807) is 38.2 Å². The van der Waals surface area contributed by atoms with Crippen LogP contribution in [0.2, 0.25) is 0 Å². The van der Waals surface area contributed by atoms with Crippen LogP contribution in [0.1, 0.15) is 35.7 Å². The zero-order valence-corrected chi connectivity index (χ0v) is 21.8. The molecular weight excluding hydrogens is 533 g/mol. The first-order valence-corrected chi connectivity index (χ1v) is 13.0. The van der Waals surface area contributed by atoms with Crippen molar-refractivity contribution in [1.29, 1.82) is 0 Å². The number of aromatic nitrogens is 1. The van der Waals surface area contributed by atoms with Crippen LogP contribution in [0.4, 0.5) is 18.0 Å². The third kappa shape index (κ3) is 6.89. The van der Waals surface area contributed by atoms with E-state index < -0.39 is 54.4 Å². The Kier molecular flexibility index (Phi) is 9.34. The van der Waals surface area contributed by atoms with Crippen molar-refractivity contribution in [3.63, 3.8) is 0 Å². The summed E-state index contributed by atoms with van der Waals surface area (Å²) in [6, 6.07) is 6.13. The van der Waals surface area contributed by atoms with Gasteiger partial charge in [-0.15, -0.1) is 11.3 Å². The fourth-order valence-corrected chi connectivity index (χ4v) is 6.37. The molecule has 3 rings (SSSR count). The number of alkyl halides is 3. The highest BCUT2D eigenvalue weighted by molar-refractivity contribution is 7.82. The maximum absolute atomic E-state index is 13.8. The minimum atomic E-state index is -4.83. The van der Waals surface area contributed by atoms with Gasteiger partial charge in [-0.3, -0.25) is 4.79 Å². The number of amides is 2. The number of aliphatic hydroxyl groups excluding tert-OH is 1. The molecule has 2 heterocycles. The number of nitrogens with zero attached hydrogens (tertiary/aromatic N) is 1. The molecule has 3 atom stereocenters. The molecular formula is C23H27F3N4O5S2. The molecule has 0 bridgehead atoms. The van der Waals surface area contributed by atoms with Crippen LogP contribution in [0.15, 0.2) is 47.5 Å². The van der Waals surface area contributed by atoms with Gasteiger partial charge >= 0.3 is 12.3 Å². The summed E-state index contributed by atoms with van der Waals surface area (Å²) in [4.78, 5) is 26.8. The number of ether oxygens (including phenoxy) is 1. The standard InChI is InChI=1S/C23H27F3N4O5S2/c1-13(2)30(37(34)15-4-5-16-14(10-15)8-9-27-16)17(12-31)18-6-7-19(36-18)21(23(24,25)26)29-20(32)11-28-22(33)35-3/h4-10,13,17,21,27,31H,11-12H2,1-3H3,(H,28,33)(H,29,32). The summed E-state index contributed by atoms with van der Waals surface area (Å²) in [6.45, 7) is 2.35. The highest BCUT2D eigenvalue weighted by atomic mass is 32.2. The van der Waals surface area contributed by atoms with Crippen LogP contribution in [-0.4, -0.2) is 63.1 Å². The summed E-state index contributed by atoms with van der Waals surface area (Å²) < 4.78 is 60.9. The number of benzene rings is 1. The number of aliphatic hydroxyl groups is 1. The molecule has 1 aromatic carbocycles. The van der Waals surface area contributed by atoms with Gasteiger partial charge in [-0.25, -0.2) is 13.3 Å². The number of nitrogens with one attached hydrogen (secondary N) is 3. The Morgan fingerprint density at radius 2 is 1.89 bits per heavy atom. The summed E-state index contributed by atoms with van der Waals surface area (Å²) in [5.74, 6) is -1.06. The number of thiophene rings is 1. The molecule has 0 aliphatic rings. The third-order valence-electron chi connectivity index (χ3n) is 5.38. The number of methoxy groups -OCH3 is 1. The molecule has 3 unspecified atom stereocenters. The van der Waals surface area contributed by atoms with E-state index in [0.717, 1.165) is 29.3 Å². The lowest BCUT2D eigenvalue weighted by molar-refractivity contribution is -0.162. The molecule has 0 saturated heterocycles. The Morgan fingerprint density at radius 1 is 1.19 bits per heavy atom. The molecule has 0 radical (unpaired) electrons. The van der Waals surface area contributed by atoms with Crippen LogP contribution in [0.5, 0.6) is 0 Å². The Hall–Kier alpha value is -2.94. The average Bonchev–Trinajstić information content (AvgIpc) is 3.52. The normalized spacial score (nSPS) is 14.5. The molecule has 3 aromatic rings. The first-order valence-electron chi connectivity index (χ1n) is 11.1. The van der Waals surface area contributed by atoms with Gasteiger partial charge in [-0.2, -0.15) is 13.2 Å². The number of aromatic amines is 1. The van der Waals surface area contributed by atoms with E-state index in [0.29, 0.717) is 9.77 Å². The Bertz CT molecular complexity index is 1260. The molecule has 2 aromatic heterocycles. The second-order valence-corrected chi connectivity index (χ2v) is 10.8. The summed E-state index contributed by atoms with van der Waals surface area (Å²) in [7, 11) is -0.678. The van der Waals surface area contributed by atoms with Gasteiger partial charge in [-0.05, 0) is 50.2 Å². The number of hydrogen-bond acceptors (Lipinski definition) is 6. The number of H-pyrrole nitrogens is 1. The molecule has 0 saturated carbocycles. The lowest BCUT2D eigenvalue weighted by Crippen LogP contribution is -2.43. The number of rotatable bonds is 10. The highest BCUT2D eigenvalue weighted by Gasteiger charge is 2.43. The van der Waals surface area contributed by atoms with Crippen molar-refractivity contribution in [2.24, 2.45) is 0 Å². The number of fused-ring (bicyclic) bond motifs is 1. The Balaban J connectivity index is 1.87. The largest absolute Gasteiger partial charge is 0.453 e. The van der Waals surface area contributed by atoms with E-state index in [1.165, 1.54) is 16.4 Å². The van der Waals surface area contributed by atoms with E-state index in [-0.39, 0.29) is 10.9 Å². The van der Waals surface area contributed by atoms with Gasteiger partial charge in [-0.1, -0.05) is 0 Å². The topological polar surface area (TPSA) is 124 Å². The Morgan fingerprint density at radius 3 is 2.51 bits per heavy atom. The molecule has 2 amide bonds. The second-order valence-electron chi connectivity index (χ2n) is 8.26. The zero-order chi connectivity index (χ0) is 27.3. The predicted molar refractivity (Wildman–Crippen MR) is 133 cm³/mol. The smallest absolute Gasteiger partial charge is 0.413 e. The molecule has 0 aliphatic heterocycles. The van der Waals surface area contributed by atoms with Crippen LogP contribution in [0, 0.1) is 0 Å². The van der Waals surface area contributed by atoms with E-state index >= 15 is 0 Å². The molecule has 14 heteroatoms.